The Hall–Kier alpha value is -0.120. The Labute approximate surface area is 248 Å². The fourth-order valence-corrected chi connectivity index (χ4v) is 5.90. The van der Waals surface area contributed by atoms with E-state index in [-0.39, 0.29) is 0 Å². The molecule has 0 aliphatic heterocycles. The van der Waals surface area contributed by atoms with Crippen LogP contribution in [-0.2, 0) is 4.74 Å². The average Bonchev–Trinajstić information content (AvgIpc) is 2.93. The summed E-state index contributed by atoms with van der Waals surface area (Å²) in [7, 11) is 6.24. The van der Waals surface area contributed by atoms with Gasteiger partial charge in [-0.2, -0.15) is 0 Å². The highest BCUT2D eigenvalue weighted by Gasteiger charge is 2.06. The maximum atomic E-state index is 5.13. The molecular formula is C36H76N2O. The van der Waals surface area contributed by atoms with Crippen molar-refractivity contribution in [2.24, 2.45) is 5.92 Å². The summed E-state index contributed by atoms with van der Waals surface area (Å²) < 4.78 is 5.13. The lowest BCUT2D eigenvalue weighted by Crippen LogP contribution is -2.33. The molecule has 0 amide bonds. The first-order valence-corrected chi connectivity index (χ1v) is 18.0. The maximum Gasteiger partial charge on any atom is 0.0462 e. The first-order valence-electron chi connectivity index (χ1n) is 18.0. The number of ether oxygens (including phenoxy) is 1. The first kappa shape index (κ1) is 38.9. The Morgan fingerprint density at radius 1 is 0.462 bits per heavy atom. The second-order valence-corrected chi connectivity index (χ2v) is 12.9. The molecule has 3 heteroatoms. The van der Waals surface area contributed by atoms with Gasteiger partial charge < -0.3 is 14.5 Å². The lowest BCUT2D eigenvalue weighted by Gasteiger charge is -2.24. The van der Waals surface area contributed by atoms with Crippen molar-refractivity contribution in [1.82, 2.24) is 9.80 Å². The molecule has 0 radical (unpaired) electrons. The van der Waals surface area contributed by atoms with Gasteiger partial charge in [0.05, 0.1) is 0 Å². The van der Waals surface area contributed by atoms with E-state index in [4.69, 9.17) is 4.74 Å². The predicted octanol–water partition coefficient (Wildman–Crippen LogP) is 10.9. The fourth-order valence-electron chi connectivity index (χ4n) is 5.90. The summed E-state index contributed by atoms with van der Waals surface area (Å²) >= 11 is 0. The van der Waals surface area contributed by atoms with Crippen LogP contribution in [0.2, 0.25) is 0 Å². The van der Waals surface area contributed by atoms with Gasteiger partial charge in [0.2, 0.25) is 0 Å². The molecule has 0 aliphatic rings. The van der Waals surface area contributed by atoms with E-state index >= 15 is 0 Å². The number of methoxy groups -OCH3 is 1. The molecule has 0 heterocycles. The van der Waals surface area contributed by atoms with Crippen LogP contribution in [0.15, 0.2) is 0 Å². The van der Waals surface area contributed by atoms with Gasteiger partial charge >= 0.3 is 0 Å². The Balaban J connectivity index is 3.64. The molecule has 1 unspecified atom stereocenters. The average molecular weight is 553 g/mol. The molecule has 0 aromatic heterocycles. The minimum atomic E-state index is 0.935. The van der Waals surface area contributed by atoms with Crippen molar-refractivity contribution < 1.29 is 4.74 Å². The van der Waals surface area contributed by atoms with E-state index in [1.807, 2.05) is 7.11 Å². The van der Waals surface area contributed by atoms with E-state index in [0.29, 0.717) is 0 Å². The van der Waals surface area contributed by atoms with Gasteiger partial charge in [-0.05, 0) is 52.4 Å². The van der Waals surface area contributed by atoms with Crippen LogP contribution in [0.3, 0.4) is 0 Å². The Bertz CT molecular complexity index is 442. The zero-order valence-corrected chi connectivity index (χ0v) is 28.1. The number of hydrogen-bond acceptors (Lipinski definition) is 3. The van der Waals surface area contributed by atoms with Crippen LogP contribution in [0.1, 0.15) is 174 Å². The number of rotatable bonds is 33. The Kier molecular flexibility index (Phi) is 32.3. The van der Waals surface area contributed by atoms with Crippen molar-refractivity contribution in [3.63, 3.8) is 0 Å². The summed E-state index contributed by atoms with van der Waals surface area (Å²) in [5.41, 5.74) is 0. The highest BCUT2D eigenvalue weighted by atomic mass is 16.5. The third kappa shape index (κ3) is 30.7. The lowest BCUT2D eigenvalue weighted by molar-refractivity contribution is 0.192. The molecule has 0 aromatic carbocycles. The zero-order chi connectivity index (χ0) is 28.7. The minimum absolute atomic E-state index is 0.935. The van der Waals surface area contributed by atoms with E-state index in [1.165, 1.54) is 187 Å². The van der Waals surface area contributed by atoms with Crippen molar-refractivity contribution in [1.29, 1.82) is 0 Å². The van der Waals surface area contributed by atoms with Gasteiger partial charge in [0.1, 0.15) is 0 Å². The number of unbranched alkanes of at least 4 members (excludes halogenated alkanes) is 19. The lowest BCUT2D eigenvalue weighted by atomic mass is 9.93. The molecule has 236 valence electrons. The molecule has 0 aromatic rings. The summed E-state index contributed by atoms with van der Waals surface area (Å²) in [4.78, 5) is 5.10. The van der Waals surface area contributed by atoms with E-state index in [0.717, 1.165) is 12.5 Å². The van der Waals surface area contributed by atoms with Crippen LogP contribution < -0.4 is 0 Å². The van der Waals surface area contributed by atoms with Crippen LogP contribution in [0, 0.1) is 5.92 Å². The molecule has 0 N–H and O–H groups in total. The molecule has 0 aliphatic carbocycles. The standard InChI is InChI=1S/C36H76N2O/c1-6-8-29-36(7-2)30-25-21-17-13-9-10-14-18-22-26-31-38(34-33-37(3)4)32-27-23-19-15-11-12-16-20-24-28-35-39-5/h36H,6-35H2,1-5H3. The molecule has 39 heavy (non-hydrogen) atoms. The normalized spacial score (nSPS) is 12.7. The van der Waals surface area contributed by atoms with E-state index < -0.39 is 0 Å². The molecule has 0 spiro atoms. The van der Waals surface area contributed by atoms with Gasteiger partial charge in [-0.3, -0.25) is 0 Å². The van der Waals surface area contributed by atoms with Crippen molar-refractivity contribution in [3.05, 3.63) is 0 Å². The second kappa shape index (κ2) is 32.4. The summed E-state index contributed by atoms with van der Waals surface area (Å²) in [6, 6.07) is 0. The number of hydrogen-bond donors (Lipinski definition) is 0. The number of likely N-dealkylation sites (N-methyl/N-ethyl adjacent to an activating group) is 1. The third-order valence-electron chi connectivity index (χ3n) is 8.82. The molecule has 0 bridgehead atoms. The highest BCUT2D eigenvalue weighted by Crippen LogP contribution is 2.21. The zero-order valence-electron chi connectivity index (χ0n) is 28.1. The topological polar surface area (TPSA) is 15.7 Å². The smallest absolute Gasteiger partial charge is 0.0462 e. The van der Waals surface area contributed by atoms with Crippen molar-refractivity contribution >= 4 is 0 Å². The van der Waals surface area contributed by atoms with Gasteiger partial charge in [-0.25, -0.2) is 0 Å². The third-order valence-corrected chi connectivity index (χ3v) is 8.82. The predicted molar refractivity (Wildman–Crippen MR) is 177 cm³/mol. The second-order valence-electron chi connectivity index (χ2n) is 12.9. The number of nitrogens with zero attached hydrogens (tertiary/aromatic N) is 2. The maximum absolute atomic E-state index is 5.13. The van der Waals surface area contributed by atoms with Crippen LogP contribution in [0.4, 0.5) is 0 Å². The SMILES string of the molecule is CCCCC(CC)CCCCCCCCCCCCN(CCCCCCCCCCCCOC)CCN(C)C. The molecule has 3 nitrogen and oxygen atoms in total. The molecule has 0 saturated carbocycles. The van der Waals surface area contributed by atoms with E-state index in [1.54, 1.807) is 0 Å². The molecular weight excluding hydrogens is 476 g/mol. The Morgan fingerprint density at radius 2 is 0.872 bits per heavy atom. The first-order chi connectivity index (χ1) is 19.1. The van der Waals surface area contributed by atoms with Crippen molar-refractivity contribution in [2.75, 3.05) is 54.0 Å². The summed E-state index contributed by atoms with van der Waals surface area (Å²) in [6.45, 7) is 10.7. The summed E-state index contributed by atoms with van der Waals surface area (Å²) in [5, 5.41) is 0. The highest BCUT2D eigenvalue weighted by molar-refractivity contribution is 4.62. The van der Waals surface area contributed by atoms with Crippen LogP contribution in [-0.4, -0.2) is 63.8 Å². The van der Waals surface area contributed by atoms with E-state index in [2.05, 4.69) is 37.7 Å². The van der Waals surface area contributed by atoms with Gasteiger partial charge in [0.25, 0.3) is 0 Å². The summed E-state index contributed by atoms with van der Waals surface area (Å²) in [5.74, 6) is 1.00. The molecule has 0 fully saturated rings. The Morgan fingerprint density at radius 3 is 1.28 bits per heavy atom. The van der Waals surface area contributed by atoms with E-state index in [9.17, 15) is 0 Å². The van der Waals surface area contributed by atoms with Crippen molar-refractivity contribution in [2.45, 2.75) is 174 Å². The van der Waals surface area contributed by atoms with Crippen molar-refractivity contribution in [3.8, 4) is 0 Å². The van der Waals surface area contributed by atoms with Gasteiger partial charge in [0.15, 0.2) is 0 Å². The van der Waals surface area contributed by atoms with Crippen LogP contribution >= 0.6 is 0 Å². The molecule has 0 saturated heterocycles. The monoisotopic (exact) mass is 553 g/mol. The summed E-state index contributed by atoms with van der Waals surface area (Å²) in [6.07, 6.45) is 35.6. The largest absolute Gasteiger partial charge is 0.385 e. The molecule has 0 rings (SSSR count). The van der Waals surface area contributed by atoms with Crippen LogP contribution in [0.5, 0.6) is 0 Å². The van der Waals surface area contributed by atoms with Crippen LogP contribution in [0.25, 0.3) is 0 Å². The van der Waals surface area contributed by atoms with Gasteiger partial charge in [-0.1, -0.05) is 155 Å². The quantitative estimate of drug-likeness (QED) is 0.0753. The minimum Gasteiger partial charge on any atom is -0.385 e. The fraction of sp³-hybridized carbons (Fsp3) is 1.00. The van der Waals surface area contributed by atoms with Gasteiger partial charge in [0, 0.05) is 26.8 Å². The van der Waals surface area contributed by atoms with Gasteiger partial charge in [-0.15, -0.1) is 0 Å². The molecule has 1 atom stereocenters.